The Balaban J connectivity index is 1.77. The van der Waals surface area contributed by atoms with Crippen LogP contribution < -0.4 is 27.4 Å². The Hall–Kier alpha value is -3.88. The molecule has 3 aromatic rings. The molecule has 0 spiro atoms. The van der Waals surface area contributed by atoms with E-state index in [0.717, 1.165) is 22.9 Å². The first-order valence-electron chi connectivity index (χ1n) is 13.0. The number of amides is 3. The number of nitrogens with zero attached hydrogens (tertiary/aromatic N) is 1. The van der Waals surface area contributed by atoms with Gasteiger partial charge in [-0.1, -0.05) is 24.6 Å². The van der Waals surface area contributed by atoms with E-state index < -0.39 is 47.9 Å². The molecule has 216 valence electrons. The molecule has 4 unspecified atom stereocenters. The summed E-state index contributed by atoms with van der Waals surface area (Å²) in [5.41, 5.74) is 13.5. The highest BCUT2D eigenvalue weighted by molar-refractivity contribution is 7.80. The molecule has 0 saturated heterocycles. The molecule has 0 radical (unpaired) electrons. The van der Waals surface area contributed by atoms with Gasteiger partial charge in [0.15, 0.2) is 0 Å². The zero-order valence-corrected chi connectivity index (χ0v) is 22.8. The van der Waals surface area contributed by atoms with Crippen molar-refractivity contribution in [3.05, 3.63) is 54.2 Å². The number of rotatable bonds is 16. The third kappa shape index (κ3) is 8.56. The molecule has 40 heavy (non-hydrogen) atoms. The summed E-state index contributed by atoms with van der Waals surface area (Å²) in [6.45, 7) is 0.487. The van der Waals surface area contributed by atoms with Crippen LogP contribution in [0.15, 0.2) is 43.0 Å². The van der Waals surface area contributed by atoms with Crippen LogP contribution in [0.1, 0.15) is 30.5 Å². The predicted molar refractivity (Wildman–Crippen MR) is 152 cm³/mol. The van der Waals surface area contributed by atoms with Crippen LogP contribution in [-0.4, -0.2) is 80.2 Å². The molecule has 0 saturated carbocycles. The largest absolute Gasteiger partial charge is 0.480 e. The number of aromatic nitrogens is 3. The Morgan fingerprint density at radius 2 is 1.65 bits per heavy atom. The lowest BCUT2D eigenvalue weighted by Crippen LogP contribution is -2.58. The number of carbonyl (C=O) groups excluding carboxylic acids is 3. The SMILES string of the molecule is NCCCCC(N)C(=O)NC(CS)C(=O)NC(Cc1c[nH]c2ccccc12)C(=O)NC(Cc1cnc[nH]1)C(=O)O. The molecule has 0 aliphatic carbocycles. The summed E-state index contributed by atoms with van der Waals surface area (Å²) >= 11 is 4.20. The number of carbonyl (C=O) groups is 4. The number of carboxylic acid groups (broad SMARTS) is 1. The van der Waals surface area contributed by atoms with E-state index in [2.05, 4.69) is 43.5 Å². The van der Waals surface area contributed by atoms with Crippen molar-refractivity contribution >= 4 is 47.2 Å². The maximum atomic E-state index is 13.4. The van der Waals surface area contributed by atoms with E-state index in [1.54, 1.807) is 6.20 Å². The molecule has 4 atom stereocenters. The Morgan fingerprint density at radius 1 is 0.950 bits per heavy atom. The number of thiol groups is 1. The maximum absolute atomic E-state index is 13.4. The van der Waals surface area contributed by atoms with Gasteiger partial charge in [-0.05, 0) is 31.0 Å². The summed E-state index contributed by atoms with van der Waals surface area (Å²) < 4.78 is 0. The first-order valence-corrected chi connectivity index (χ1v) is 13.6. The van der Waals surface area contributed by atoms with Crippen molar-refractivity contribution in [1.29, 1.82) is 0 Å². The van der Waals surface area contributed by atoms with Crippen molar-refractivity contribution < 1.29 is 24.3 Å². The number of aliphatic carboxylic acids is 1. The van der Waals surface area contributed by atoms with Crippen molar-refractivity contribution in [2.45, 2.75) is 56.3 Å². The summed E-state index contributed by atoms with van der Waals surface area (Å²) in [5, 5.41) is 18.3. The van der Waals surface area contributed by atoms with Crippen LogP contribution in [0.3, 0.4) is 0 Å². The predicted octanol–water partition coefficient (Wildman–Crippen LogP) is -0.399. The van der Waals surface area contributed by atoms with Gasteiger partial charge in [0.1, 0.15) is 18.1 Å². The van der Waals surface area contributed by atoms with Gasteiger partial charge >= 0.3 is 5.97 Å². The number of hydrogen-bond acceptors (Lipinski definition) is 8. The number of hydrogen-bond donors (Lipinski definition) is 9. The number of H-pyrrole nitrogens is 2. The second-order valence-corrected chi connectivity index (χ2v) is 9.81. The molecule has 2 aromatic heterocycles. The van der Waals surface area contributed by atoms with Crippen LogP contribution >= 0.6 is 12.6 Å². The smallest absolute Gasteiger partial charge is 0.326 e. The molecule has 2 heterocycles. The fraction of sp³-hybridized carbons (Fsp3) is 0.423. The Bertz CT molecular complexity index is 1280. The number of aromatic amines is 2. The van der Waals surface area contributed by atoms with Crippen molar-refractivity contribution in [1.82, 2.24) is 30.9 Å². The molecular weight excluding hydrogens is 536 g/mol. The lowest BCUT2D eigenvalue weighted by molar-refractivity contribution is -0.142. The topological polar surface area (TPSA) is 221 Å². The van der Waals surface area contributed by atoms with Gasteiger partial charge in [-0.2, -0.15) is 12.6 Å². The summed E-state index contributed by atoms with van der Waals surface area (Å²) in [6, 6.07) is 3.12. The van der Waals surface area contributed by atoms with Crippen LogP contribution in [0.2, 0.25) is 0 Å². The number of para-hydroxylation sites is 1. The molecule has 0 fully saturated rings. The normalized spacial score (nSPS) is 14.2. The fourth-order valence-electron chi connectivity index (χ4n) is 4.20. The number of carboxylic acids is 1. The van der Waals surface area contributed by atoms with Crippen LogP contribution in [0.4, 0.5) is 0 Å². The molecule has 3 rings (SSSR count). The van der Waals surface area contributed by atoms with Gasteiger partial charge in [0, 0.05) is 47.6 Å². The van der Waals surface area contributed by atoms with Crippen LogP contribution in [0.25, 0.3) is 10.9 Å². The molecule has 13 nitrogen and oxygen atoms in total. The fourth-order valence-corrected chi connectivity index (χ4v) is 4.46. The van der Waals surface area contributed by atoms with Crippen molar-refractivity contribution in [3.8, 4) is 0 Å². The molecule has 0 aliphatic rings. The quantitative estimate of drug-likeness (QED) is 0.0810. The zero-order valence-electron chi connectivity index (χ0n) is 21.9. The molecular formula is C26H36N8O5S. The molecule has 0 aliphatic heterocycles. The summed E-state index contributed by atoms with van der Waals surface area (Å²) in [4.78, 5) is 60.9. The van der Waals surface area contributed by atoms with Gasteiger partial charge in [-0.3, -0.25) is 14.4 Å². The van der Waals surface area contributed by atoms with Gasteiger partial charge in [-0.15, -0.1) is 0 Å². The number of imidazole rings is 1. The van der Waals surface area contributed by atoms with Gasteiger partial charge < -0.3 is 42.5 Å². The highest BCUT2D eigenvalue weighted by atomic mass is 32.1. The monoisotopic (exact) mass is 572 g/mol. The first kappa shape index (κ1) is 30.7. The second kappa shape index (κ2) is 15.1. The number of unbranched alkanes of at least 4 members (excludes halogenated alkanes) is 1. The Morgan fingerprint density at radius 3 is 2.33 bits per heavy atom. The van der Waals surface area contributed by atoms with E-state index in [0.29, 0.717) is 25.1 Å². The average molecular weight is 573 g/mol. The van der Waals surface area contributed by atoms with Gasteiger partial charge in [0.05, 0.1) is 12.4 Å². The Kier molecular flexibility index (Phi) is 11.5. The van der Waals surface area contributed by atoms with Crippen LogP contribution in [-0.2, 0) is 32.0 Å². The molecule has 1 aromatic carbocycles. The standard InChI is InChI=1S/C26H36N8O5S/c27-8-4-3-6-18(28)23(35)34-22(13-40)25(37)32-20(9-15-11-30-19-7-2-1-5-17(15)19)24(36)33-21(26(38)39)10-16-12-29-14-31-16/h1-2,5,7,11-12,14,18,20-22,30,40H,3-4,6,8-10,13,27-28H2,(H,29,31)(H,32,37)(H,33,36)(H,34,35)(H,38,39). The number of fused-ring (bicyclic) bond motifs is 1. The van der Waals surface area contributed by atoms with E-state index >= 15 is 0 Å². The first-order chi connectivity index (χ1) is 19.2. The van der Waals surface area contributed by atoms with Crippen molar-refractivity contribution in [3.63, 3.8) is 0 Å². The van der Waals surface area contributed by atoms with Crippen molar-refractivity contribution in [2.75, 3.05) is 12.3 Å². The van der Waals surface area contributed by atoms with Gasteiger partial charge in [0.2, 0.25) is 17.7 Å². The van der Waals surface area contributed by atoms with E-state index in [1.807, 2.05) is 24.3 Å². The number of benzene rings is 1. The maximum Gasteiger partial charge on any atom is 0.326 e. The minimum Gasteiger partial charge on any atom is -0.480 e. The summed E-state index contributed by atoms with van der Waals surface area (Å²) in [5.74, 6) is -3.17. The van der Waals surface area contributed by atoms with E-state index in [9.17, 15) is 24.3 Å². The third-order valence-electron chi connectivity index (χ3n) is 6.45. The molecule has 3 amide bonds. The summed E-state index contributed by atoms with van der Waals surface area (Å²) in [6.07, 6.45) is 6.42. The van der Waals surface area contributed by atoms with Crippen LogP contribution in [0, 0.1) is 0 Å². The van der Waals surface area contributed by atoms with Crippen LogP contribution in [0.5, 0.6) is 0 Å². The average Bonchev–Trinajstić information content (AvgIpc) is 3.60. The zero-order chi connectivity index (χ0) is 29.1. The highest BCUT2D eigenvalue weighted by Gasteiger charge is 2.31. The lowest BCUT2D eigenvalue weighted by atomic mass is 10.0. The van der Waals surface area contributed by atoms with Crippen molar-refractivity contribution in [2.24, 2.45) is 11.5 Å². The highest BCUT2D eigenvalue weighted by Crippen LogP contribution is 2.19. The third-order valence-corrected chi connectivity index (χ3v) is 6.81. The van der Waals surface area contributed by atoms with E-state index in [-0.39, 0.29) is 18.6 Å². The minimum atomic E-state index is -1.28. The number of nitrogens with two attached hydrogens (primary N) is 2. The number of nitrogens with one attached hydrogen (secondary N) is 5. The van der Waals surface area contributed by atoms with E-state index in [4.69, 9.17) is 11.5 Å². The molecule has 10 N–H and O–H groups in total. The van der Waals surface area contributed by atoms with E-state index in [1.165, 1.54) is 12.5 Å². The lowest BCUT2D eigenvalue weighted by Gasteiger charge is -2.24. The summed E-state index contributed by atoms with van der Waals surface area (Å²) in [7, 11) is 0. The Labute approximate surface area is 236 Å². The second-order valence-electron chi connectivity index (χ2n) is 9.44. The minimum absolute atomic E-state index is 0.0355. The molecule has 0 bridgehead atoms. The van der Waals surface area contributed by atoms with Gasteiger partial charge in [0.25, 0.3) is 0 Å². The molecule has 14 heteroatoms. The van der Waals surface area contributed by atoms with Gasteiger partial charge in [-0.25, -0.2) is 9.78 Å².